The van der Waals surface area contributed by atoms with Crippen LogP contribution in [0.2, 0.25) is 5.02 Å². The van der Waals surface area contributed by atoms with Crippen molar-refractivity contribution in [2.24, 2.45) is 0 Å². The number of nitrogens with one attached hydrogen (secondary N) is 1. The topological polar surface area (TPSA) is 74.3 Å². The number of carbonyl (C=O) groups is 1. The molecule has 0 spiro atoms. The Balaban J connectivity index is 1.21. The lowest BCUT2D eigenvalue weighted by Crippen LogP contribution is -2.53. The predicted molar refractivity (Wildman–Crippen MR) is 115 cm³/mol. The summed E-state index contributed by atoms with van der Waals surface area (Å²) >= 11 is 5.95. The number of rotatable bonds is 6. The second kappa shape index (κ2) is 9.99. The smallest absolute Gasteiger partial charge is 0.238 e. The van der Waals surface area contributed by atoms with Crippen LogP contribution in [0.5, 0.6) is 11.5 Å². The molecule has 0 saturated carbocycles. The van der Waals surface area contributed by atoms with Crippen molar-refractivity contribution < 1.29 is 28.2 Å². The van der Waals surface area contributed by atoms with Gasteiger partial charge in [-0.2, -0.15) is 0 Å². The van der Waals surface area contributed by atoms with Crippen LogP contribution in [-0.4, -0.2) is 78.9 Å². The SMILES string of the molecule is O=C(CN1CCN(CC(O)C2COc3cc(Cl)ccc3O2)CC1)Nc1cc(F)cc(F)c1. The van der Waals surface area contributed by atoms with Crippen molar-refractivity contribution in [2.75, 3.05) is 51.2 Å². The fourth-order valence-corrected chi connectivity index (χ4v) is 3.95. The Morgan fingerprint density at radius 1 is 1.09 bits per heavy atom. The first kappa shape index (κ1) is 22.7. The maximum Gasteiger partial charge on any atom is 0.238 e. The van der Waals surface area contributed by atoms with Gasteiger partial charge in [-0.1, -0.05) is 11.6 Å². The monoisotopic (exact) mass is 467 g/mol. The standard InChI is InChI=1S/C22H24ClF2N3O4/c23-14-1-2-19-20(7-14)31-13-21(32-19)18(29)11-27-3-5-28(6-4-27)12-22(30)26-17-9-15(24)8-16(25)10-17/h1-2,7-10,18,21,29H,3-6,11-13H2,(H,26,30). The van der Waals surface area contributed by atoms with Gasteiger partial charge in [0.15, 0.2) is 17.6 Å². The molecule has 2 aromatic rings. The molecule has 2 unspecified atom stereocenters. The summed E-state index contributed by atoms with van der Waals surface area (Å²) in [5.41, 5.74) is 0.0906. The lowest BCUT2D eigenvalue weighted by molar-refractivity contribution is -0.117. The Morgan fingerprint density at radius 3 is 2.50 bits per heavy atom. The van der Waals surface area contributed by atoms with Gasteiger partial charge >= 0.3 is 0 Å². The zero-order valence-corrected chi connectivity index (χ0v) is 18.0. The molecule has 7 nitrogen and oxygen atoms in total. The van der Waals surface area contributed by atoms with E-state index in [1.165, 1.54) is 0 Å². The van der Waals surface area contributed by atoms with E-state index in [0.717, 1.165) is 18.2 Å². The van der Waals surface area contributed by atoms with Crippen LogP contribution in [0.15, 0.2) is 36.4 Å². The number of hydrogen-bond donors (Lipinski definition) is 2. The normalized spacial score (nSPS) is 20.1. The van der Waals surface area contributed by atoms with Crippen molar-refractivity contribution in [3.63, 3.8) is 0 Å². The summed E-state index contributed by atoms with van der Waals surface area (Å²) in [5.74, 6) is -0.707. The summed E-state index contributed by atoms with van der Waals surface area (Å²) in [6.07, 6.45) is -1.23. The average molecular weight is 468 g/mol. The lowest BCUT2D eigenvalue weighted by atomic mass is 10.1. The predicted octanol–water partition coefficient (Wildman–Crippen LogP) is 2.38. The van der Waals surface area contributed by atoms with Crippen molar-refractivity contribution in [1.82, 2.24) is 9.80 Å². The van der Waals surface area contributed by atoms with Crippen LogP contribution >= 0.6 is 11.6 Å². The number of benzene rings is 2. The van der Waals surface area contributed by atoms with Crippen LogP contribution < -0.4 is 14.8 Å². The van der Waals surface area contributed by atoms with Crippen molar-refractivity contribution >= 4 is 23.2 Å². The Morgan fingerprint density at radius 2 is 1.78 bits per heavy atom. The summed E-state index contributed by atoms with van der Waals surface area (Å²) in [7, 11) is 0. The summed E-state index contributed by atoms with van der Waals surface area (Å²) in [4.78, 5) is 16.3. The van der Waals surface area contributed by atoms with Gasteiger partial charge in [-0.05, 0) is 24.3 Å². The minimum atomic E-state index is -0.743. The number of ether oxygens (including phenoxy) is 2. The highest BCUT2D eigenvalue weighted by atomic mass is 35.5. The highest BCUT2D eigenvalue weighted by molar-refractivity contribution is 6.30. The van der Waals surface area contributed by atoms with E-state index in [1.54, 1.807) is 18.2 Å². The number of aliphatic hydroxyl groups excluding tert-OH is 1. The number of anilines is 1. The summed E-state index contributed by atoms with van der Waals surface area (Å²) in [5, 5.41) is 13.7. The molecule has 10 heteroatoms. The van der Waals surface area contributed by atoms with E-state index >= 15 is 0 Å². The average Bonchev–Trinajstić information content (AvgIpc) is 2.74. The Labute approximate surface area is 189 Å². The fourth-order valence-electron chi connectivity index (χ4n) is 3.79. The van der Waals surface area contributed by atoms with Crippen molar-refractivity contribution in [3.05, 3.63) is 53.1 Å². The number of piperazine rings is 1. The van der Waals surface area contributed by atoms with E-state index in [1.807, 2.05) is 4.90 Å². The third-order valence-corrected chi connectivity index (χ3v) is 5.68. The van der Waals surface area contributed by atoms with E-state index in [2.05, 4.69) is 10.2 Å². The third-order valence-electron chi connectivity index (χ3n) is 5.44. The second-order valence-electron chi connectivity index (χ2n) is 7.91. The highest BCUT2D eigenvalue weighted by Gasteiger charge is 2.30. The Kier molecular flexibility index (Phi) is 7.10. The molecule has 2 aromatic carbocycles. The number of halogens is 3. The van der Waals surface area contributed by atoms with Crippen LogP contribution in [0.3, 0.4) is 0 Å². The van der Waals surface area contributed by atoms with Gasteiger partial charge in [0.2, 0.25) is 5.91 Å². The molecular formula is C22H24ClF2N3O4. The second-order valence-corrected chi connectivity index (χ2v) is 8.35. The molecule has 0 aliphatic carbocycles. The molecule has 1 saturated heterocycles. The Bertz CT molecular complexity index is 952. The fraction of sp³-hybridized carbons (Fsp3) is 0.409. The van der Waals surface area contributed by atoms with E-state index in [9.17, 15) is 18.7 Å². The number of fused-ring (bicyclic) bond motifs is 1. The molecule has 0 radical (unpaired) electrons. The quantitative estimate of drug-likeness (QED) is 0.679. The molecule has 2 aliphatic rings. The molecule has 32 heavy (non-hydrogen) atoms. The minimum Gasteiger partial charge on any atom is -0.486 e. The number of amides is 1. The van der Waals surface area contributed by atoms with Crippen LogP contribution in [0, 0.1) is 11.6 Å². The van der Waals surface area contributed by atoms with Gasteiger partial charge in [0.1, 0.15) is 24.3 Å². The summed E-state index contributed by atoms with van der Waals surface area (Å²) in [6, 6.07) is 8.01. The van der Waals surface area contributed by atoms with Crippen LogP contribution in [0.4, 0.5) is 14.5 Å². The zero-order chi connectivity index (χ0) is 22.7. The third kappa shape index (κ3) is 5.86. The van der Waals surface area contributed by atoms with Gasteiger partial charge in [-0.3, -0.25) is 14.6 Å². The van der Waals surface area contributed by atoms with Crippen molar-refractivity contribution in [3.8, 4) is 11.5 Å². The number of nitrogens with zero attached hydrogens (tertiary/aromatic N) is 2. The molecule has 2 N–H and O–H groups in total. The minimum absolute atomic E-state index is 0.0906. The maximum atomic E-state index is 13.3. The van der Waals surface area contributed by atoms with Crippen LogP contribution in [-0.2, 0) is 4.79 Å². The molecule has 1 fully saturated rings. The van der Waals surface area contributed by atoms with E-state index in [0.29, 0.717) is 49.2 Å². The molecule has 172 valence electrons. The van der Waals surface area contributed by atoms with Crippen molar-refractivity contribution in [1.29, 1.82) is 0 Å². The van der Waals surface area contributed by atoms with Crippen LogP contribution in [0.25, 0.3) is 0 Å². The molecule has 1 amide bonds. The molecule has 0 bridgehead atoms. The van der Waals surface area contributed by atoms with Gasteiger partial charge in [0.05, 0.1) is 6.54 Å². The first-order valence-corrected chi connectivity index (χ1v) is 10.7. The molecule has 4 rings (SSSR count). The molecular weight excluding hydrogens is 444 g/mol. The number of aliphatic hydroxyl groups is 1. The van der Waals surface area contributed by atoms with E-state index < -0.39 is 23.8 Å². The first-order valence-electron chi connectivity index (χ1n) is 10.3. The zero-order valence-electron chi connectivity index (χ0n) is 17.3. The molecule has 2 heterocycles. The summed E-state index contributed by atoms with van der Waals surface area (Å²) in [6.45, 7) is 3.35. The van der Waals surface area contributed by atoms with E-state index in [4.69, 9.17) is 21.1 Å². The molecule has 2 aliphatic heterocycles. The Hall–Kier alpha value is -2.46. The number of β-amino-alcohol motifs (C(OH)–C–C–N with tert-alkyl or cyclic N) is 1. The van der Waals surface area contributed by atoms with E-state index in [-0.39, 0.29) is 24.7 Å². The largest absolute Gasteiger partial charge is 0.486 e. The highest BCUT2D eigenvalue weighted by Crippen LogP contribution is 2.34. The molecule has 0 aromatic heterocycles. The van der Waals surface area contributed by atoms with Gasteiger partial charge < -0.3 is 19.9 Å². The van der Waals surface area contributed by atoms with Gasteiger partial charge in [-0.25, -0.2) is 8.78 Å². The van der Waals surface area contributed by atoms with Gasteiger partial charge in [-0.15, -0.1) is 0 Å². The first-order chi connectivity index (χ1) is 15.4. The van der Waals surface area contributed by atoms with Crippen molar-refractivity contribution in [2.45, 2.75) is 12.2 Å². The number of hydrogen-bond acceptors (Lipinski definition) is 6. The van der Waals surface area contributed by atoms with Gasteiger partial charge in [0.25, 0.3) is 0 Å². The molecule has 2 atom stereocenters. The lowest BCUT2D eigenvalue weighted by Gasteiger charge is -2.37. The van der Waals surface area contributed by atoms with Gasteiger partial charge in [0, 0.05) is 55.6 Å². The maximum absolute atomic E-state index is 13.3. The van der Waals surface area contributed by atoms with Crippen LogP contribution in [0.1, 0.15) is 0 Å². The number of carbonyl (C=O) groups excluding carboxylic acids is 1. The summed E-state index contributed by atoms with van der Waals surface area (Å²) < 4.78 is 38.0.